The molecule has 0 fully saturated rings. The third kappa shape index (κ3) is 2.80. The Morgan fingerprint density at radius 3 is 2.33 bits per heavy atom. The summed E-state index contributed by atoms with van der Waals surface area (Å²) in [5.41, 5.74) is 0.0875. The molecule has 8 nitrogen and oxygen atoms in total. The largest absolute Gasteiger partial charge is 0.407 e. The minimum absolute atomic E-state index is 0.00215. The summed E-state index contributed by atoms with van der Waals surface area (Å²) in [6.07, 6.45) is 3.34. The fourth-order valence-electron chi connectivity index (χ4n) is 4.14. The molecule has 0 saturated heterocycles. The molecule has 156 valence electrons. The molecule has 2 heterocycles. The Morgan fingerprint density at radius 1 is 1.03 bits per heavy atom. The molecule has 1 atom stereocenters. The lowest BCUT2D eigenvalue weighted by Gasteiger charge is -2.32. The highest BCUT2D eigenvalue weighted by Gasteiger charge is 2.41. The predicted molar refractivity (Wildman–Crippen MR) is 115 cm³/mol. The van der Waals surface area contributed by atoms with Gasteiger partial charge in [0.1, 0.15) is 5.65 Å². The van der Waals surface area contributed by atoms with Crippen LogP contribution >= 0.6 is 0 Å². The molecule has 0 aliphatic heterocycles. The summed E-state index contributed by atoms with van der Waals surface area (Å²) in [5, 5.41) is 0.00215. The van der Waals surface area contributed by atoms with Crippen LogP contribution < -0.4 is 11.2 Å². The van der Waals surface area contributed by atoms with Crippen LogP contribution in [0.5, 0.6) is 0 Å². The molecule has 0 radical (unpaired) electrons. The molecule has 30 heavy (non-hydrogen) atoms. The van der Waals surface area contributed by atoms with Crippen molar-refractivity contribution in [2.45, 2.75) is 39.1 Å². The second-order valence-electron chi connectivity index (χ2n) is 8.69. The summed E-state index contributed by atoms with van der Waals surface area (Å²) in [6, 6.07) is 0. The Labute approximate surface area is 173 Å². The highest BCUT2D eigenvalue weighted by Crippen LogP contribution is 2.37. The van der Waals surface area contributed by atoms with Crippen molar-refractivity contribution < 1.29 is 14.0 Å². The lowest BCUT2D eigenvalue weighted by Crippen LogP contribution is -2.41. The van der Waals surface area contributed by atoms with Crippen LogP contribution in [-0.2, 0) is 18.5 Å². The fourth-order valence-corrected chi connectivity index (χ4v) is 5.10. The summed E-state index contributed by atoms with van der Waals surface area (Å²) in [7, 11) is 0.827. The number of ketones is 2. The second-order valence-corrected chi connectivity index (χ2v) is 13.1. The normalized spacial score (nSPS) is 18.8. The maximum absolute atomic E-state index is 13.6. The number of pyridine rings is 1. The van der Waals surface area contributed by atoms with Crippen molar-refractivity contribution in [1.82, 2.24) is 14.1 Å². The molecule has 0 N–H and O–H groups in total. The lowest BCUT2D eigenvalue weighted by atomic mass is 9.77. The Morgan fingerprint density at radius 2 is 1.70 bits per heavy atom. The molecule has 0 spiro atoms. The van der Waals surface area contributed by atoms with E-state index in [1.165, 1.54) is 18.7 Å². The summed E-state index contributed by atoms with van der Waals surface area (Å²) < 4.78 is 8.33. The first-order valence-electron chi connectivity index (χ1n) is 9.71. The molecule has 2 aliphatic carbocycles. The quantitative estimate of drug-likeness (QED) is 0.537. The lowest BCUT2D eigenvalue weighted by molar-refractivity contribution is 0.0950. The van der Waals surface area contributed by atoms with Gasteiger partial charge in [-0.05, 0) is 33.0 Å². The van der Waals surface area contributed by atoms with Gasteiger partial charge in [-0.25, -0.2) is 9.78 Å². The van der Waals surface area contributed by atoms with Gasteiger partial charge in [0.2, 0.25) is 0 Å². The number of rotatable bonds is 2. The van der Waals surface area contributed by atoms with E-state index in [9.17, 15) is 19.2 Å². The van der Waals surface area contributed by atoms with E-state index in [1.54, 1.807) is 6.92 Å². The van der Waals surface area contributed by atoms with E-state index in [2.05, 4.69) is 4.98 Å². The highest BCUT2D eigenvalue weighted by molar-refractivity contribution is 6.69. The first kappa shape index (κ1) is 20.4. The van der Waals surface area contributed by atoms with E-state index in [4.69, 9.17) is 4.43 Å². The Bertz CT molecular complexity index is 1340. The maximum Gasteiger partial charge on any atom is 0.332 e. The maximum atomic E-state index is 13.6. The predicted octanol–water partition coefficient (Wildman–Crippen LogP) is 1.80. The van der Waals surface area contributed by atoms with E-state index in [-0.39, 0.29) is 33.7 Å². The molecule has 0 saturated carbocycles. The number of nitrogens with zero attached hydrogens (tertiary/aromatic N) is 3. The topological polar surface area (TPSA) is 100 Å². The molecular weight excluding hydrogens is 402 g/mol. The van der Waals surface area contributed by atoms with Crippen LogP contribution in [0.4, 0.5) is 0 Å². The van der Waals surface area contributed by atoms with Crippen LogP contribution in [0, 0.1) is 6.92 Å². The third-order valence-corrected chi connectivity index (χ3v) is 6.43. The molecular formula is C21H23N3O5Si. The number of carbonyl (C=O) groups is 2. The van der Waals surface area contributed by atoms with Gasteiger partial charge >= 0.3 is 5.69 Å². The second kappa shape index (κ2) is 6.54. The summed E-state index contributed by atoms with van der Waals surface area (Å²) >= 11 is 0. The molecule has 0 aromatic carbocycles. The summed E-state index contributed by atoms with van der Waals surface area (Å²) in [5.74, 6) is -0.714. The van der Waals surface area contributed by atoms with E-state index < -0.39 is 25.7 Å². The van der Waals surface area contributed by atoms with E-state index in [0.717, 1.165) is 4.57 Å². The molecule has 0 amide bonds. The zero-order chi connectivity index (χ0) is 22.1. The number of carbonyl (C=O) groups excluding carboxylic acids is 2. The number of aryl methyl sites for hydroxylation is 2. The number of allylic oxidation sites excluding steroid dienone is 2. The van der Waals surface area contributed by atoms with Crippen molar-refractivity contribution in [3.63, 3.8) is 0 Å². The third-order valence-electron chi connectivity index (χ3n) is 5.46. The van der Waals surface area contributed by atoms with Crippen LogP contribution in [0.1, 0.15) is 32.8 Å². The fraction of sp³-hybridized carbons (Fsp3) is 0.381. The smallest absolute Gasteiger partial charge is 0.332 e. The van der Waals surface area contributed by atoms with E-state index in [1.807, 2.05) is 31.8 Å². The molecule has 9 heteroatoms. The van der Waals surface area contributed by atoms with Gasteiger partial charge in [0.15, 0.2) is 19.9 Å². The monoisotopic (exact) mass is 425 g/mol. The average Bonchev–Trinajstić information content (AvgIpc) is 2.66. The van der Waals surface area contributed by atoms with Gasteiger partial charge in [-0.1, -0.05) is 12.2 Å². The van der Waals surface area contributed by atoms with Crippen LogP contribution in [0.25, 0.3) is 11.0 Å². The summed E-state index contributed by atoms with van der Waals surface area (Å²) in [6.45, 7) is 7.67. The van der Waals surface area contributed by atoms with Crippen molar-refractivity contribution in [2.24, 2.45) is 14.1 Å². The van der Waals surface area contributed by atoms with Gasteiger partial charge in [-0.3, -0.25) is 23.5 Å². The molecule has 2 aliphatic rings. The first-order chi connectivity index (χ1) is 13.9. The number of aromatic nitrogens is 3. The van der Waals surface area contributed by atoms with Crippen LogP contribution in [0.2, 0.25) is 19.6 Å². The SMILES string of the molecule is Cc1nc2c(c3c1C(=O)C1=C(CC=CC1O[Si](C)(C)C)C3=O)c(=O)n(C)c(=O)n2C. The zero-order valence-corrected chi connectivity index (χ0v) is 18.8. The van der Waals surface area contributed by atoms with Crippen molar-refractivity contribution in [2.75, 3.05) is 0 Å². The van der Waals surface area contributed by atoms with Crippen LogP contribution in [0.15, 0.2) is 32.9 Å². The van der Waals surface area contributed by atoms with E-state index in [0.29, 0.717) is 23.3 Å². The van der Waals surface area contributed by atoms with Gasteiger partial charge in [0.05, 0.1) is 28.3 Å². The highest BCUT2D eigenvalue weighted by atomic mass is 28.4. The van der Waals surface area contributed by atoms with Crippen molar-refractivity contribution >= 4 is 30.9 Å². The standard InChI is InChI=1S/C21H23N3O5Si/c1-10-13-15(16-19(22-10)23(2)21(28)24(3)20(16)27)17(25)11-8-7-9-12(14(11)18(13)26)29-30(4,5)6/h7,9,12H,8H2,1-6H3. The van der Waals surface area contributed by atoms with Gasteiger partial charge < -0.3 is 4.43 Å². The van der Waals surface area contributed by atoms with Gasteiger partial charge in [-0.2, -0.15) is 0 Å². The van der Waals surface area contributed by atoms with Crippen LogP contribution in [-0.4, -0.2) is 40.1 Å². The zero-order valence-electron chi connectivity index (χ0n) is 17.8. The number of Topliss-reactive ketones (excluding diaryl/α,β-unsaturated/α-hetero) is 2. The van der Waals surface area contributed by atoms with Gasteiger partial charge in [0, 0.05) is 25.2 Å². The summed E-state index contributed by atoms with van der Waals surface area (Å²) in [4.78, 5) is 56.8. The molecule has 0 bridgehead atoms. The Kier molecular flexibility index (Phi) is 4.44. The molecule has 1 unspecified atom stereocenters. The Hall–Kier alpha value is -2.91. The number of hydrogen-bond donors (Lipinski definition) is 0. The molecule has 4 rings (SSSR count). The van der Waals surface area contributed by atoms with Crippen molar-refractivity contribution in [3.05, 3.63) is 61.0 Å². The molecule has 2 aromatic heterocycles. The van der Waals surface area contributed by atoms with Crippen molar-refractivity contribution in [3.8, 4) is 0 Å². The van der Waals surface area contributed by atoms with Crippen molar-refractivity contribution in [1.29, 1.82) is 0 Å². The number of hydrogen-bond acceptors (Lipinski definition) is 6. The molecule has 2 aromatic rings. The minimum Gasteiger partial charge on any atom is -0.407 e. The minimum atomic E-state index is -2.01. The first-order valence-corrected chi connectivity index (χ1v) is 13.1. The average molecular weight is 426 g/mol. The Balaban J connectivity index is 2.07. The van der Waals surface area contributed by atoms with Gasteiger partial charge in [-0.15, -0.1) is 0 Å². The van der Waals surface area contributed by atoms with E-state index >= 15 is 0 Å². The van der Waals surface area contributed by atoms with Gasteiger partial charge in [0.25, 0.3) is 5.56 Å². The number of fused-ring (bicyclic) bond motifs is 3. The van der Waals surface area contributed by atoms with Crippen LogP contribution in [0.3, 0.4) is 0 Å².